The van der Waals surface area contributed by atoms with E-state index in [9.17, 15) is 4.79 Å². The first kappa shape index (κ1) is 13.4. The summed E-state index contributed by atoms with van der Waals surface area (Å²) in [7, 11) is 3.89. The SMILES string of the molecule is CN(C)CC[C@H](N)C(=O)OC(C)(C)C. The maximum absolute atomic E-state index is 11.4. The van der Waals surface area contributed by atoms with Crippen LogP contribution in [0.4, 0.5) is 0 Å². The van der Waals surface area contributed by atoms with E-state index in [4.69, 9.17) is 10.5 Å². The van der Waals surface area contributed by atoms with Crippen LogP contribution in [0.2, 0.25) is 0 Å². The first-order valence-electron chi connectivity index (χ1n) is 4.85. The zero-order valence-electron chi connectivity index (χ0n) is 9.83. The third-order valence-corrected chi connectivity index (χ3v) is 1.60. The van der Waals surface area contributed by atoms with Crippen molar-refractivity contribution in [2.24, 2.45) is 5.73 Å². The first-order chi connectivity index (χ1) is 6.22. The van der Waals surface area contributed by atoms with Gasteiger partial charge in [-0.2, -0.15) is 0 Å². The highest BCUT2D eigenvalue weighted by molar-refractivity contribution is 5.75. The van der Waals surface area contributed by atoms with E-state index < -0.39 is 11.6 Å². The lowest BCUT2D eigenvalue weighted by Gasteiger charge is -2.22. The van der Waals surface area contributed by atoms with E-state index in [1.54, 1.807) is 0 Å². The van der Waals surface area contributed by atoms with Crippen molar-refractivity contribution in [3.63, 3.8) is 0 Å². The molecule has 0 radical (unpaired) electrons. The van der Waals surface area contributed by atoms with Crippen molar-refractivity contribution >= 4 is 5.97 Å². The summed E-state index contributed by atoms with van der Waals surface area (Å²) in [5, 5.41) is 0. The molecular formula is C10H22N2O2. The second kappa shape index (κ2) is 5.32. The molecule has 0 saturated heterocycles. The number of hydrogen-bond donors (Lipinski definition) is 1. The Morgan fingerprint density at radius 1 is 1.43 bits per heavy atom. The van der Waals surface area contributed by atoms with Gasteiger partial charge in [-0.3, -0.25) is 4.79 Å². The van der Waals surface area contributed by atoms with Crippen molar-refractivity contribution in [1.29, 1.82) is 0 Å². The number of nitrogens with two attached hydrogens (primary N) is 1. The van der Waals surface area contributed by atoms with Crippen molar-refractivity contribution in [1.82, 2.24) is 4.90 Å². The zero-order chi connectivity index (χ0) is 11.4. The van der Waals surface area contributed by atoms with Gasteiger partial charge in [-0.25, -0.2) is 0 Å². The topological polar surface area (TPSA) is 55.6 Å². The van der Waals surface area contributed by atoms with Gasteiger partial charge >= 0.3 is 5.97 Å². The van der Waals surface area contributed by atoms with Crippen LogP contribution >= 0.6 is 0 Å². The van der Waals surface area contributed by atoms with Gasteiger partial charge < -0.3 is 15.4 Å². The molecule has 0 aromatic carbocycles. The Kier molecular flexibility index (Phi) is 5.08. The molecule has 0 heterocycles. The van der Waals surface area contributed by atoms with E-state index in [0.717, 1.165) is 6.54 Å². The Hall–Kier alpha value is -0.610. The highest BCUT2D eigenvalue weighted by Crippen LogP contribution is 2.08. The summed E-state index contributed by atoms with van der Waals surface area (Å²) in [5.74, 6) is -0.320. The smallest absolute Gasteiger partial charge is 0.323 e. The number of esters is 1. The largest absolute Gasteiger partial charge is 0.459 e. The molecule has 1 atom stereocenters. The second-order valence-electron chi connectivity index (χ2n) is 4.73. The monoisotopic (exact) mass is 202 g/mol. The van der Waals surface area contributed by atoms with Crippen molar-refractivity contribution in [3.05, 3.63) is 0 Å². The molecule has 14 heavy (non-hydrogen) atoms. The van der Waals surface area contributed by atoms with Gasteiger partial charge in [-0.1, -0.05) is 0 Å². The summed E-state index contributed by atoms with van der Waals surface area (Å²) in [4.78, 5) is 13.4. The summed E-state index contributed by atoms with van der Waals surface area (Å²) in [6.45, 7) is 6.30. The molecule has 0 amide bonds. The van der Waals surface area contributed by atoms with Crippen LogP contribution in [-0.4, -0.2) is 43.2 Å². The van der Waals surface area contributed by atoms with Gasteiger partial charge in [0.05, 0.1) is 0 Å². The van der Waals surface area contributed by atoms with Gasteiger partial charge in [-0.15, -0.1) is 0 Å². The molecule has 4 heteroatoms. The normalized spacial score (nSPS) is 14.2. The number of ether oxygens (including phenoxy) is 1. The molecule has 84 valence electrons. The zero-order valence-corrected chi connectivity index (χ0v) is 9.83. The molecule has 0 fully saturated rings. The quantitative estimate of drug-likeness (QED) is 0.679. The molecule has 0 bridgehead atoms. The minimum atomic E-state index is -0.517. The number of rotatable bonds is 4. The lowest BCUT2D eigenvalue weighted by Crippen LogP contribution is -2.39. The molecular weight excluding hydrogens is 180 g/mol. The van der Waals surface area contributed by atoms with E-state index in [2.05, 4.69) is 0 Å². The van der Waals surface area contributed by atoms with Crippen LogP contribution in [0.5, 0.6) is 0 Å². The highest BCUT2D eigenvalue weighted by Gasteiger charge is 2.21. The third kappa shape index (κ3) is 6.86. The van der Waals surface area contributed by atoms with Crippen LogP contribution in [0, 0.1) is 0 Å². The summed E-state index contributed by atoms with van der Waals surface area (Å²) in [6.07, 6.45) is 0.627. The van der Waals surface area contributed by atoms with E-state index in [-0.39, 0.29) is 5.97 Å². The average Bonchev–Trinajstić information content (AvgIpc) is 1.96. The summed E-state index contributed by atoms with van der Waals surface area (Å²) >= 11 is 0. The molecule has 0 saturated carbocycles. The van der Waals surface area contributed by atoms with Crippen LogP contribution in [0.15, 0.2) is 0 Å². The minimum Gasteiger partial charge on any atom is -0.459 e. The fourth-order valence-electron chi connectivity index (χ4n) is 0.893. The summed E-state index contributed by atoms with van der Waals surface area (Å²) < 4.78 is 5.15. The maximum Gasteiger partial charge on any atom is 0.323 e. The van der Waals surface area contributed by atoms with Crippen LogP contribution in [-0.2, 0) is 9.53 Å². The van der Waals surface area contributed by atoms with E-state index in [1.807, 2.05) is 39.8 Å². The molecule has 0 aliphatic carbocycles. The molecule has 4 nitrogen and oxygen atoms in total. The number of carbonyl (C=O) groups is 1. The van der Waals surface area contributed by atoms with Gasteiger partial charge in [0.1, 0.15) is 11.6 Å². The molecule has 0 aromatic rings. The predicted octanol–water partition coefficient (Wildman–Crippen LogP) is 0.607. The standard InChI is InChI=1S/C10H22N2O2/c1-10(2,3)14-9(13)8(11)6-7-12(4)5/h8H,6-7,11H2,1-5H3/t8-/m0/s1. The molecule has 0 aliphatic rings. The Bertz CT molecular complexity index is 185. The molecule has 0 rings (SSSR count). The van der Waals surface area contributed by atoms with E-state index >= 15 is 0 Å². The fourth-order valence-corrected chi connectivity index (χ4v) is 0.893. The Labute approximate surface area is 86.4 Å². The van der Waals surface area contributed by atoms with Crippen LogP contribution in [0.1, 0.15) is 27.2 Å². The summed E-state index contributed by atoms with van der Waals surface area (Å²) in [5.41, 5.74) is 5.22. The summed E-state index contributed by atoms with van der Waals surface area (Å²) in [6, 6.07) is -0.517. The molecule has 0 aromatic heterocycles. The van der Waals surface area contributed by atoms with Crippen LogP contribution < -0.4 is 5.73 Å². The second-order valence-corrected chi connectivity index (χ2v) is 4.73. The Morgan fingerprint density at radius 2 is 1.93 bits per heavy atom. The van der Waals surface area contributed by atoms with E-state index in [0.29, 0.717) is 6.42 Å². The average molecular weight is 202 g/mol. The third-order valence-electron chi connectivity index (χ3n) is 1.60. The van der Waals surface area contributed by atoms with Crippen molar-refractivity contribution in [3.8, 4) is 0 Å². The van der Waals surface area contributed by atoms with Crippen molar-refractivity contribution in [2.45, 2.75) is 38.8 Å². The van der Waals surface area contributed by atoms with Gasteiger partial charge in [0.2, 0.25) is 0 Å². The molecule has 0 unspecified atom stereocenters. The number of carbonyl (C=O) groups excluding carboxylic acids is 1. The van der Waals surface area contributed by atoms with Gasteiger partial charge in [0.25, 0.3) is 0 Å². The Morgan fingerprint density at radius 3 is 2.29 bits per heavy atom. The lowest BCUT2D eigenvalue weighted by atomic mass is 10.1. The molecule has 0 spiro atoms. The van der Waals surface area contributed by atoms with E-state index in [1.165, 1.54) is 0 Å². The van der Waals surface area contributed by atoms with Gasteiger partial charge in [0, 0.05) is 0 Å². The number of nitrogens with zero attached hydrogens (tertiary/aromatic N) is 1. The predicted molar refractivity (Wildman–Crippen MR) is 57.0 cm³/mol. The lowest BCUT2D eigenvalue weighted by molar-refractivity contribution is -0.156. The molecule has 0 aliphatic heterocycles. The highest BCUT2D eigenvalue weighted by atomic mass is 16.6. The first-order valence-corrected chi connectivity index (χ1v) is 4.85. The van der Waals surface area contributed by atoms with Crippen molar-refractivity contribution in [2.75, 3.05) is 20.6 Å². The Balaban J connectivity index is 3.88. The molecule has 2 N–H and O–H groups in total. The fraction of sp³-hybridized carbons (Fsp3) is 0.900. The minimum absolute atomic E-state index is 0.320. The van der Waals surface area contributed by atoms with Gasteiger partial charge in [0.15, 0.2) is 0 Å². The van der Waals surface area contributed by atoms with Crippen LogP contribution in [0.3, 0.4) is 0 Å². The van der Waals surface area contributed by atoms with Gasteiger partial charge in [-0.05, 0) is 47.8 Å². The maximum atomic E-state index is 11.4. The van der Waals surface area contributed by atoms with Crippen molar-refractivity contribution < 1.29 is 9.53 Å². The number of hydrogen-bond acceptors (Lipinski definition) is 4. The van der Waals surface area contributed by atoms with Crippen LogP contribution in [0.25, 0.3) is 0 Å².